The third-order valence-electron chi connectivity index (χ3n) is 4.81. The van der Waals surface area contributed by atoms with E-state index in [2.05, 4.69) is 20.6 Å². The molecule has 3 N–H and O–H groups in total. The minimum absolute atomic E-state index is 0.00307. The van der Waals surface area contributed by atoms with E-state index in [9.17, 15) is 9.59 Å². The standard InChI is InChI=1S/C24H16Cl2FN5O3/c1-12(33)30-16-3-5-19-20(9-16)32-23(31-19)24(34)29-11-14-2-4-18(26)22(21(14)27)35-17-7-13(10-28)6-15(25)8-17/h2-9H,11H2,1H3,(H,29,34)(H,30,33)(H,31,32). The van der Waals surface area contributed by atoms with E-state index in [1.807, 2.05) is 6.07 Å². The van der Waals surface area contributed by atoms with Crippen molar-refractivity contribution in [2.45, 2.75) is 13.5 Å². The fourth-order valence-electron chi connectivity index (χ4n) is 3.26. The molecule has 0 saturated carbocycles. The lowest BCUT2D eigenvalue weighted by molar-refractivity contribution is -0.114. The van der Waals surface area contributed by atoms with Gasteiger partial charge in [0, 0.05) is 29.7 Å². The van der Waals surface area contributed by atoms with Gasteiger partial charge in [0.1, 0.15) is 5.75 Å². The molecule has 3 aromatic carbocycles. The summed E-state index contributed by atoms with van der Waals surface area (Å²) in [5.41, 5.74) is 1.98. The lowest BCUT2D eigenvalue weighted by Gasteiger charge is -2.13. The average molecular weight is 512 g/mol. The number of nitrogens with zero attached hydrogens (tertiary/aromatic N) is 2. The second-order valence-corrected chi connectivity index (χ2v) is 8.26. The zero-order valence-corrected chi connectivity index (χ0v) is 19.6. The summed E-state index contributed by atoms with van der Waals surface area (Å²) < 4.78 is 20.7. The summed E-state index contributed by atoms with van der Waals surface area (Å²) in [4.78, 5) is 30.9. The Balaban J connectivity index is 1.51. The lowest BCUT2D eigenvalue weighted by atomic mass is 10.2. The molecule has 0 spiro atoms. The molecule has 0 saturated heterocycles. The van der Waals surface area contributed by atoms with Crippen LogP contribution in [-0.4, -0.2) is 21.8 Å². The molecule has 0 unspecified atom stereocenters. The van der Waals surface area contributed by atoms with Crippen molar-refractivity contribution in [1.82, 2.24) is 15.3 Å². The van der Waals surface area contributed by atoms with Crippen molar-refractivity contribution in [2.75, 3.05) is 5.32 Å². The number of H-pyrrole nitrogens is 1. The number of hydrogen-bond donors (Lipinski definition) is 3. The van der Waals surface area contributed by atoms with E-state index in [0.717, 1.165) is 0 Å². The number of hydrogen-bond acceptors (Lipinski definition) is 5. The maximum absolute atomic E-state index is 15.2. The number of nitrogens with one attached hydrogen (secondary N) is 3. The predicted molar refractivity (Wildman–Crippen MR) is 129 cm³/mol. The van der Waals surface area contributed by atoms with Gasteiger partial charge >= 0.3 is 0 Å². The lowest BCUT2D eigenvalue weighted by Crippen LogP contribution is -2.24. The first kappa shape index (κ1) is 24.0. The number of carbonyl (C=O) groups excluding carboxylic acids is 2. The molecule has 2 amide bonds. The van der Waals surface area contributed by atoms with Crippen LogP contribution in [0.2, 0.25) is 10.0 Å². The molecule has 0 atom stereocenters. The number of carbonyl (C=O) groups is 2. The Morgan fingerprint density at radius 1 is 1.17 bits per heavy atom. The van der Waals surface area contributed by atoms with Crippen molar-refractivity contribution in [3.8, 4) is 17.6 Å². The third-order valence-corrected chi connectivity index (χ3v) is 5.32. The monoisotopic (exact) mass is 511 g/mol. The predicted octanol–water partition coefficient (Wildman–Crippen LogP) is 5.56. The van der Waals surface area contributed by atoms with Gasteiger partial charge in [-0.1, -0.05) is 29.3 Å². The van der Waals surface area contributed by atoms with Gasteiger partial charge in [0.25, 0.3) is 5.91 Å². The number of aromatic nitrogens is 2. The molecule has 0 bridgehead atoms. The maximum Gasteiger partial charge on any atom is 0.287 e. The van der Waals surface area contributed by atoms with Crippen molar-refractivity contribution < 1.29 is 18.7 Å². The van der Waals surface area contributed by atoms with Gasteiger partial charge in [-0.3, -0.25) is 9.59 Å². The number of fused-ring (bicyclic) bond motifs is 1. The van der Waals surface area contributed by atoms with E-state index >= 15 is 4.39 Å². The second kappa shape index (κ2) is 10.0. The Bertz CT molecular complexity index is 1510. The summed E-state index contributed by atoms with van der Waals surface area (Å²) in [6.07, 6.45) is 0. The number of halogens is 3. The van der Waals surface area contributed by atoms with E-state index in [0.29, 0.717) is 16.7 Å². The molecule has 176 valence electrons. The number of nitriles is 1. The highest BCUT2D eigenvalue weighted by molar-refractivity contribution is 6.32. The summed E-state index contributed by atoms with van der Waals surface area (Å²) in [6, 6.07) is 14.0. The smallest absolute Gasteiger partial charge is 0.287 e. The van der Waals surface area contributed by atoms with Gasteiger partial charge in [0.05, 0.1) is 27.7 Å². The Hall–Kier alpha value is -4.13. The van der Waals surface area contributed by atoms with E-state index in [1.54, 1.807) is 18.2 Å². The normalized spacial score (nSPS) is 10.6. The SMILES string of the molecule is CC(=O)Nc1ccc2nc(C(=O)NCc3ccc(Cl)c(Oc4cc(Cl)cc(C#N)c4)c3F)[nH]c2c1. The highest BCUT2D eigenvalue weighted by Gasteiger charge is 2.18. The van der Waals surface area contributed by atoms with Crippen LogP contribution >= 0.6 is 23.2 Å². The Morgan fingerprint density at radius 2 is 1.97 bits per heavy atom. The van der Waals surface area contributed by atoms with E-state index in [1.165, 1.54) is 37.3 Å². The van der Waals surface area contributed by atoms with Crippen LogP contribution in [-0.2, 0) is 11.3 Å². The molecule has 0 aliphatic carbocycles. The van der Waals surface area contributed by atoms with Gasteiger partial charge in [0.15, 0.2) is 17.4 Å². The third kappa shape index (κ3) is 5.51. The molecular formula is C24H16Cl2FN5O3. The molecule has 11 heteroatoms. The zero-order chi connectivity index (χ0) is 25.1. The fourth-order valence-corrected chi connectivity index (χ4v) is 3.67. The number of imidazole rings is 1. The van der Waals surface area contributed by atoms with Gasteiger partial charge in [-0.15, -0.1) is 0 Å². The topological polar surface area (TPSA) is 120 Å². The Kier molecular flexibility index (Phi) is 6.87. The first-order valence-electron chi connectivity index (χ1n) is 10.1. The van der Waals surface area contributed by atoms with Gasteiger partial charge < -0.3 is 20.4 Å². The van der Waals surface area contributed by atoms with E-state index < -0.39 is 11.7 Å². The molecule has 0 radical (unpaired) electrons. The molecule has 35 heavy (non-hydrogen) atoms. The van der Waals surface area contributed by atoms with Crippen molar-refractivity contribution in [3.63, 3.8) is 0 Å². The van der Waals surface area contributed by atoms with E-state index in [4.69, 9.17) is 33.2 Å². The molecule has 4 aromatic rings. The van der Waals surface area contributed by atoms with Crippen LogP contribution in [0.3, 0.4) is 0 Å². The van der Waals surface area contributed by atoms with Crippen LogP contribution in [0.4, 0.5) is 10.1 Å². The van der Waals surface area contributed by atoms with Crippen LogP contribution in [0.1, 0.15) is 28.7 Å². The summed E-state index contributed by atoms with van der Waals surface area (Å²) in [5.74, 6) is -1.67. The Morgan fingerprint density at radius 3 is 2.71 bits per heavy atom. The van der Waals surface area contributed by atoms with Gasteiger partial charge in [-0.25, -0.2) is 9.37 Å². The molecule has 0 aliphatic rings. The summed E-state index contributed by atoms with van der Waals surface area (Å²) in [6.45, 7) is 1.21. The highest BCUT2D eigenvalue weighted by atomic mass is 35.5. The molecular weight excluding hydrogens is 496 g/mol. The molecule has 1 heterocycles. The Labute approximate surface area is 208 Å². The average Bonchev–Trinajstić information content (AvgIpc) is 3.24. The molecule has 0 fully saturated rings. The first-order chi connectivity index (χ1) is 16.7. The first-order valence-corrected chi connectivity index (χ1v) is 10.9. The van der Waals surface area contributed by atoms with Crippen molar-refractivity contribution in [1.29, 1.82) is 5.26 Å². The van der Waals surface area contributed by atoms with Crippen LogP contribution in [0.15, 0.2) is 48.5 Å². The summed E-state index contributed by atoms with van der Waals surface area (Å²) in [5, 5.41) is 14.6. The van der Waals surface area contributed by atoms with Gasteiger partial charge in [0.2, 0.25) is 5.91 Å². The summed E-state index contributed by atoms with van der Waals surface area (Å²) in [7, 11) is 0. The largest absolute Gasteiger partial charge is 0.453 e. The molecule has 4 rings (SSSR count). The van der Waals surface area contributed by atoms with Gasteiger partial charge in [-0.2, -0.15) is 5.26 Å². The van der Waals surface area contributed by atoms with E-state index in [-0.39, 0.29) is 50.9 Å². The molecule has 8 nitrogen and oxygen atoms in total. The van der Waals surface area contributed by atoms with Crippen molar-refractivity contribution in [3.05, 3.63) is 81.3 Å². The van der Waals surface area contributed by atoms with Crippen molar-refractivity contribution >= 4 is 51.7 Å². The van der Waals surface area contributed by atoms with Crippen LogP contribution < -0.4 is 15.4 Å². The number of benzene rings is 3. The number of rotatable bonds is 6. The molecule has 1 aromatic heterocycles. The minimum atomic E-state index is -0.777. The molecule has 0 aliphatic heterocycles. The zero-order valence-electron chi connectivity index (χ0n) is 18.1. The number of aromatic amines is 1. The van der Waals surface area contributed by atoms with Crippen molar-refractivity contribution in [2.24, 2.45) is 0 Å². The number of anilines is 1. The van der Waals surface area contributed by atoms with Crippen LogP contribution in [0.5, 0.6) is 11.5 Å². The fraction of sp³-hybridized carbons (Fsp3) is 0.0833. The number of ether oxygens (including phenoxy) is 1. The quantitative estimate of drug-likeness (QED) is 0.313. The number of amides is 2. The highest BCUT2D eigenvalue weighted by Crippen LogP contribution is 2.35. The second-order valence-electron chi connectivity index (χ2n) is 7.42. The van der Waals surface area contributed by atoms with Crippen LogP contribution in [0, 0.1) is 17.1 Å². The maximum atomic E-state index is 15.2. The summed E-state index contributed by atoms with van der Waals surface area (Å²) >= 11 is 12.1. The van der Waals surface area contributed by atoms with Gasteiger partial charge in [-0.05, 0) is 42.5 Å². The minimum Gasteiger partial charge on any atom is -0.453 e. The van der Waals surface area contributed by atoms with Crippen LogP contribution in [0.25, 0.3) is 11.0 Å².